The van der Waals surface area contributed by atoms with Crippen molar-refractivity contribution in [1.82, 2.24) is 0 Å². The summed E-state index contributed by atoms with van der Waals surface area (Å²) in [7, 11) is -1.22. The third-order valence-corrected chi connectivity index (χ3v) is 1.07. The first kappa shape index (κ1) is 5.10. The molecule has 0 amide bonds. The van der Waals surface area contributed by atoms with E-state index in [1.165, 1.54) is 0 Å². The average molecular weight is 93.1 g/mol. The van der Waals surface area contributed by atoms with Gasteiger partial charge < -0.3 is 0 Å². The normalized spacial score (nSPS) is 12.2. The summed E-state index contributed by atoms with van der Waals surface area (Å²) in [6, 6.07) is 0. The fourth-order valence-corrected chi connectivity index (χ4v) is 0. The number of hydrogen-bond donors (Lipinski definition) is 0. The van der Waals surface area contributed by atoms with E-state index in [1.807, 2.05) is 0 Å². The summed E-state index contributed by atoms with van der Waals surface area (Å²) < 4.78 is 11.4. The van der Waals surface area contributed by atoms with Crippen LogP contribution in [0.25, 0.3) is 0 Å². The molecule has 0 aliphatic carbocycles. The molecule has 0 heterocycles. The van der Waals surface area contributed by atoms with E-state index in [2.05, 4.69) is 0 Å². The van der Waals surface area contributed by atoms with Crippen LogP contribution in [-0.4, -0.2) is 12.5 Å². The lowest BCUT2D eigenvalue weighted by Crippen LogP contribution is -1.44. The molecule has 0 fully saturated rings. The highest BCUT2D eigenvalue weighted by molar-refractivity contribution is 7.50. The Hall–Kier alpha value is 0.100. The first-order valence-electron chi connectivity index (χ1n) is 1.45. The Morgan fingerprint density at radius 1 is 1.80 bits per heavy atom. The van der Waals surface area contributed by atoms with E-state index in [1.54, 1.807) is 19.4 Å². The summed E-state index contributed by atoms with van der Waals surface area (Å²) >= 11 is 0. The van der Waals surface area contributed by atoms with Crippen LogP contribution in [0.2, 0.25) is 0 Å². The van der Waals surface area contributed by atoms with Gasteiger partial charge in [-0.15, -0.1) is 0 Å². The molecule has 30 valence electrons. The summed E-state index contributed by atoms with van der Waals surface area (Å²) in [5.41, 5.74) is 0. The van der Waals surface area contributed by atoms with Gasteiger partial charge in [-0.1, -0.05) is 0 Å². The quantitative estimate of drug-likeness (QED) is 0.400. The van der Waals surface area contributed by atoms with Gasteiger partial charge in [-0.25, -0.2) is 0 Å². The van der Waals surface area contributed by atoms with Crippen molar-refractivity contribution in [3.8, 4) is 0 Å². The highest BCUT2D eigenvalue weighted by Gasteiger charge is 1.85. The monoisotopic (exact) mass is 93.0 g/mol. The van der Waals surface area contributed by atoms with Gasteiger partial charge in [0, 0.05) is 4.20 Å². The van der Waals surface area contributed by atoms with E-state index >= 15 is 0 Å². The third kappa shape index (κ3) is 4.10. The molecule has 0 radical (unpaired) electrons. The molecule has 0 nitrogen and oxygen atoms in total. The summed E-state index contributed by atoms with van der Waals surface area (Å²) in [4.78, 5) is 0. The molecule has 0 aromatic heterocycles. The fraction of sp³-hybridized carbons (Fsp3) is 0.667. The maximum absolute atomic E-state index is 11.4. The van der Waals surface area contributed by atoms with Gasteiger partial charge in [0.2, 0.25) is 0 Å². The van der Waals surface area contributed by atoms with E-state index in [-0.39, 0.29) is 0 Å². The lowest BCUT2D eigenvalue weighted by Gasteiger charge is -1.50. The first-order chi connectivity index (χ1) is 2.27. The Morgan fingerprint density at radius 2 is 2.00 bits per heavy atom. The number of halogens is 1. The summed E-state index contributed by atoms with van der Waals surface area (Å²) in [5, 5.41) is 0. The average Bonchev–Trinajstić information content (AvgIpc) is 1.38. The minimum Gasteiger partial charge on any atom is -0.00385 e. The van der Waals surface area contributed by atoms with Crippen molar-refractivity contribution in [2.24, 2.45) is 0 Å². The van der Waals surface area contributed by atoms with Crippen molar-refractivity contribution >= 4 is 13.7 Å². The van der Waals surface area contributed by atoms with E-state index in [0.717, 1.165) is 0 Å². The van der Waals surface area contributed by atoms with Crippen LogP contribution >= 0.6 is 7.86 Å². The van der Waals surface area contributed by atoms with Crippen molar-refractivity contribution in [3.63, 3.8) is 0 Å². The number of rotatable bonds is 0. The maximum Gasteiger partial charge on any atom is 0.308 e. The van der Waals surface area contributed by atoms with Crippen LogP contribution in [0.4, 0.5) is 4.20 Å². The van der Waals surface area contributed by atoms with Gasteiger partial charge in [-0.05, 0) is 6.92 Å². The van der Waals surface area contributed by atoms with Crippen LogP contribution in [0.15, 0.2) is 0 Å². The molecule has 0 saturated carbocycles. The first-order valence-corrected chi connectivity index (χ1v) is 3.20. The molecule has 2 heteroatoms. The minimum absolute atomic E-state index is 1.22. The molecule has 0 N–H and O–H groups in total. The third-order valence-electron chi connectivity index (χ3n) is 0.356. The van der Waals surface area contributed by atoms with Crippen LogP contribution in [0.3, 0.4) is 0 Å². The van der Waals surface area contributed by atoms with Gasteiger partial charge in [0.15, 0.2) is 0 Å². The van der Waals surface area contributed by atoms with E-state index in [0.29, 0.717) is 0 Å². The van der Waals surface area contributed by atoms with E-state index < -0.39 is 7.86 Å². The summed E-state index contributed by atoms with van der Waals surface area (Å²) in [6.45, 7) is 3.29. The lowest BCUT2D eigenvalue weighted by molar-refractivity contribution is 0.920. The van der Waals surface area contributed by atoms with Crippen LogP contribution in [-0.2, 0) is 0 Å². The van der Waals surface area contributed by atoms with Gasteiger partial charge in [0.1, 0.15) is 12.5 Å². The zero-order chi connectivity index (χ0) is 4.28. The fourth-order valence-electron chi connectivity index (χ4n) is 0. The van der Waals surface area contributed by atoms with Gasteiger partial charge in [-0.2, -0.15) is 0 Å². The SMILES string of the molecule is CC=[P+](C)F. The van der Waals surface area contributed by atoms with Crippen LogP contribution < -0.4 is 0 Å². The smallest absolute Gasteiger partial charge is 0.00385 e. The molecule has 0 aromatic rings. The Kier molecular flexibility index (Phi) is 2.39. The molecule has 0 rings (SSSR count). The molecule has 0 aliphatic rings. The zero-order valence-electron chi connectivity index (χ0n) is 3.40. The van der Waals surface area contributed by atoms with Crippen LogP contribution in [0.5, 0.6) is 0 Å². The van der Waals surface area contributed by atoms with E-state index in [4.69, 9.17) is 0 Å². The molecule has 0 saturated heterocycles. The largest absolute Gasteiger partial charge is 0.308 e. The molecular weight excluding hydrogens is 86.0 g/mol. The Labute approximate surface area is 32.5 Å². The highest BCUT2D eigenvalue weighted by Crippen LogP contribution is 2.14. The lowest BCUT2D eigenvalue weighted by atomic mass is 11.0. The van der Waals surface area contributed by atoms with Crippen molar-refractivity contribution in [3.05, 3.63) is 0 Å². The molecule has 0 bridgehead atoms. The van der Waals surface area contributed by atoms with Crippen molar-refractivity contribution in [2.75, 3.05) is 6.66 Å². The highest BCUT2D eigenvalue weighted by atomic mass is 31.1. The van der Waals surface area contributed by atoms with Crippen molar-refractivity contribution in [1.29, 1.82) is 0 Å². The van der Waals surface area contributed by atoms with Crippen molar-refractivity contribution < 1.29 is 4.20 Å². The Balaban J connectivity index is 3.14. The standard InChI is InChI=1S/C3H7FP/c1-3-5(2)4/h3H,1-2H3/q+1. The van der Waals surface area contributed by atoms with Gasteiger partial charge in [0.25, 0.3) is 0 Å². The molecule has 0 spiro atoms. The van der Waals surface area contributed by atoms with Crippen LogP contribution in [0, 0.1) is 0 Å². The molecule has 0 aromatic carbocycles. The topological polar surface area (TPSA) is 0 Å². The Morgan fingerprint density at radius 3 is 2.00 bits per heavy atom. The van der Waals surface area contributed by atoms with Crippen molar-refractivity contribution in [2.45, 2.75) is 6.92 Å². The predicted molar refractivity (Wildman–Crippen MR) is 25.7 cm³/mol. The second-order valence-electron chi connectivity index (χ2n) is 0.783. The molecule has 0 aliphatic heterocycles. The number of hydrogen-bond acceptors (Lipinski definition) is 0. The zero-order valence-corrected chi connectivity index (χ0v) is 4.30. The molecule has 5 heavy (non-hydrogen) atoms. The maximum atomic E-state index is 11.4. The Bertz CT molecular complexity index is 44.9. The molecule has 1 atom stereocenters. The van der Waals surface area contributed by atoms with Crippen LogP contribution in [0.1, 0.15) is 6.92 Å². The predicted octanol–water partition coefficient (Wildman–Crippen LogP) is 1.80. The molecular formula is C3H7FP+. The second-order valence-corrected chi connectivity index (χ2v) is 2.35. The van der Waals surface area contributed by atoms with Gasteiger partial charge in [0.05, 0.1) is 0 Å². The van der Waals surface area contributed by atoms with E-state index in [9.17, 15) is 4.20 Å². The minimum atomic E-state index is -1.22. The van der Waals surface area contributed by atoms with Gasteiger partial charge in [-0.3, -0.25) is 0 Å². The summed E-state index contributed by atoms with van der Waals surface area (Å²) in [5.74, 6) is 1.56. The summed E-state index contributed by atoms with van der Waals surface area (Å²) in [6.07, 6.45) is 0. The molecule has 1 unspecified atom stereocenters. The second kappa shape index (κ2) is 2.34. The van der Waals surface area contributed by atoms with Gasteiger partial charge >= 0.3 is 7.86 Å².